The number of hydrogen-bond donors (Lipinski definition) is 2. The van der Waals surface area contributed by atoms with Gasteiger partial charge in [-0.15, -0.1) is 29.9 Å². The summed E-state index contributed by atoms with van der Waals surface area (Å²) in [5.74, 6) is 0.313. The van der Waals surface area contributed by atoms with E-state index in [1.807, 2.05) is 0 Å². The molecule has 1 fully saturated rings. The minimum atomic E-state index is -0.283. The zero-order valence-corrected chi connectivity index (χ0v) is 15.8. The highest BCUT2D eigenvalue weighted by molar-refractivity contribution is 6.03. The van der Waals surface area contributed by atoms with Crippen molar-refractivity contribution < 1.29 is 9.21 Å². The molecule has 1 aromatic carbocycles. The summed E-state index contributed by atoms with van der Waals surface area (Å²) in [7, 11) is 0. The highest BCUT2D eigenvalue weighted by atomic mass is 35.5. The molecule has 8 nitrogen and oxygen atoms in total. The Bertz CT molecular complexity index is 888. The SMILES string of the molecule is Cc1nc2cc(NC(=O)c3cn(C4CCNCC4)nn3)ccc2o1.Cl.Cl. The van der Waals surface area contributed by atoms with Crippen molar-refractivity contribution in [2.75, 3.05) is 18.4 Å². The van der Waals surface area contributed by atoms with E-state index in [9.17, 15) is 4.79 Å². The number of rotatable bonds is 3. The van der Waals surface area contributed by atoms with Gasteiger partial charge in [-0.05, 0) is 44.1 Å². The maximum atomic E-state index is 12.4. The number of halogens is 2. The van der Waals surface area contributed by atoms with E-state index >= 15 is 0 Å². The van der Waals surface area contributed by atoms with Gasteiger partial charge in [0.25, 0.3) is 5.91 Å². The van der Waals surface area contributed by atoms with Crippen LogP contribution in [-0.4, -0.2) is 39.0 Å². The first-order chi connectivity index (χ1) is 11.7. The first kappa shape index (κ1) is 20.2. The second kappa shape index (κ2) is 8.48. The fourth-order valence-electron chi connectivity index (χ4n) is 2.95. The van der Waals surface area contributed by atoms with Crippen LogP contribution in [0.3, 0.4) is 0 Å². The zero-order valence-electron chi connectivity index (χ0n) is 14.1. The van der Waals surface area contributed by atoms with Crippen molar-refractivity contribution in [3.05, 3.63) is 36.0 Å². The van der Waals surface area contributed by atoms with Crippen LogP contribution in [-0.2, 0) is 0 Å². The smallest absolute Gasteiger partial charge is 0.277 e. The molecule has 1 aliphatic heterocycles. The quantitative estimate of drug-likeness (QED) is 0.703. The Balaban J connectivity index is 0.00000121. The number of fused-ring (bicyclic) bond motifs is 1. The van der Waals surface area contributed by atoms with Crippen molar-refractivity contribution in [2.45, 2.75) is 25.8 Å². The highest BCUT2D eigenvalue weighted by Crippen LogP contribution is 2.21. The number of piperidine rings is 1. The van der Waals surface area contributed by atoms with E-state index in [1.165, 1.54) is 0 Å². The number of nitrogens with one attached hydrogen (secondary N) is 2. The van der Waals surface area contributed by atoms with Gasteiger partial charge in [-0.3, -0.25) is 4.79 Å². The van der Waals surface area contributed by atoms with Crippen LogP contribution < -0.4 is 10.6 Å². The summed E-state index contributed by atoms with van der Waals surface area (Å²) in [5.41, 5.74) is 2.37. The lowest BCUT2D eigenvalue weighted by Gasteiger charge is -2.22. The van der Waals surface area contributed by atoms with Crippen LogP contribution in [0.5, 0.6) is 0 Å². The normalized spacial score (nSPS) is 14.5. The summed E-state index contributed by atoms with van der Waals surface area (Å²) in [6, 6.07) is 5.65. The lowest BCUT2D eigenvalue weighted by atomic mass is 10.1. The molecule has 3 heterocycles. The van der Waals surface area contributed by atoms with Crippen LogP contribution in [0.1, 0.15) is 35.3 Å². The van der Waals surface area contributed by atoms with E-state index in [4.69, 9.17) is 4.42 Å². The van der Waals surface area contributed by atoms with Crippen LogP contribution in [0, 0.1) is 6.92 Å². The van der Waals surface area contributed by atoms with Gasteiger partial charge in [-0.25, -0.2) is 9.67 Å². The van der Waals surface area contributed by atoms with Gasteiger partial charge in [0.1, 0.15) is 5.52 Å². The van der Waals surface area contributed by atoms with Gasteiger partial charge in [0.2, 0.25) is 0 Å². The summed E-state index contributed by atoms with van der Waals surface area (Å²) < 4.78 is 7.22. The standard InChI is InChI=1S/C16H18N6O2.2ClH/c1-10-18-13-8-11(2-3-15(13)24-10)19-16(23)14-9-22(21-20-14)12-4-6-17-7-5-12;;/h2-3,8-9,12,17H,4-7H2,1H3,(H,19,23);2*1H. The zero-order chi connectivity index (χ0) is 16.5. The summed E-state index contributed by atoms with van der Waals surface area (Å²) in [6.45, 7) is 3.71. The second-order valence-corrected chi connectivity index (χ2v) is 5.93. The number of amides is 1. The Morgan fingerprint density at radius 1 is 1.31 bits per heavy atom. The van der Waals surface area contributed by atoms with Gasteiger partial charge in [0, 0.05) is 12.6 Å². The third kappa shape index (κ3) is 4.14. The average molecular weight is 399 g/mol. The maximum Gasteiger partial charge on any atom is 0.277 e. The third-order valence-corrected chi connectivity index (χ3v) is 4.18. The summed E-state index contributed by atoms with van der Waals surface area (Å²) in [4.78, 5) is 16.6. The predicted octanol–water partition coefficient (Wildman–Crippen LogP) is 2.75. The van der Waals surface area contributed by atoms with Crippen molar-refractivity contribution >= 4 is 47.5 Å². The molecule has 2 aromatic heterocycles. The first-order valence-electron chi connectivity index (χ1n) is 8.00. The van der Waals surface area contributed by atoms with Crippen LogP contribution in [0.2, 0.25) is 0 Å². The molecule has 1 aliphatic rings. The van der Waals surface area contributed by atoms with Crippen molar-refractivity contribution in [3.63, 3.8) is 0 Å². The fourth-order valence-corrected chi connectivity index (χ4v) is 2.95. The monoisotopic (exact) mass is 398 g/mol. The lowest BCUT2D eigenvalue weighted by Crippen LogP contribution is -2.29. The number of aromatic nitrogens is 4. The van der Waals surface area contributed by atoms with Crippen LogP contribution >= 0.6 is 24.8 Å². The number of benzene rings is 1. The molecular formula is C16H20Cl2N6O2. The predicted molar refractivity (Wildman–Crippen MR) is 102 cm³/mol. The molecule has 0 spiro atoms. The molecule has 0 aliphatic carbocycles. The Labute approximate surface area is 162 Å². The van der Waals surface area contributed by atoms with Crippen LogP contribution in [0.25, 0.3) is 11.1 Å². The highest BCUT2D eigenvalue weighted by Gasteiger charge is 2.19. The van der Waals surface area contributed by atoms with Gasteiger partial charge in [0.05, 0.1) is 12.2 Å². The average Bonchev–Trinajstić information content (AvgIpc) is 3.21. The van der Waals surface area contributed by atoms with Gasteiger partial charge in [-0.2, -0.15) is 0 Å². The van der Waals surface area contributed by atoms with Crippen molar-refractivity contribution in [2.24, 2.45) is 0 Å². The molecule has 1 amide bonds. The van der Waals surface area contributed by atoms with E-state index in [0.717, 1.165) is 25.9 Å². The molecule has 3 aromatic rings. The molecule has 0 radical (unpaired) electrons. The summed E-state index contributed by atoms with van der Waals surface area (Å²) in [6.07, 6.45) is 3.70. The van der Waals surface area contributed by atoms with Crippen LogP contribution in [0.15, 0.2) is 28.8 Å². The molecule has 4 rings (SSSR count). The number of carbonyl (C=O) groups excluding carboxylic acids is 1. The number of anilines is 1. The Hall–Kier alpha value is -2.16. The van der Waals surface area contributed by atoms with E-state index in [2.05, 4.69) is 25.9 Å². The minimum absolute atomic E-state index is 0. The van der Waals surface area contributed by atoms with Crippen molar-refractivity contribution in [1.29, 1.82) is 0 Å². The first-order valence-corrected chi connectivity index (χ1v) is 8.00. The Morgan fingerprint density at radius 3 is 2.85 bits per heavy atom. The molecule has 0 bridgehead atoms. The molecule has 26 heavy (non-hydrogen) atoms. The molecule has 2 N–H and O–H groups in total. The van der Waals surface area contributed by atoms with Gasteiger partial charge >= 0.3 is 0 Å². The molecule has 0 saturated carbocycles. The minimum Gasteiger partial charge on any atom is -0.441 e. The van der Waals surface area contributed by atoms with E-state index < -0.39 is 0 Å². The number of aryl methyl sites for hydroxylation is 1. The van der Waals surface area contributed by atoms with Gasteiger partial charge in [0.15, 0.2) is 17.2 Å². The van der Waals surface area contributed by atoms with Crippen LogP contribution in [0.4, 0.5) is 5.69 Å². The lowest BCUT2D eigenvalue weighted by molar-refractivity contribution is 0.102. The topological polar surface area (TPSA) is 97.9 Å². The van der Waals surface area contributed by atoms with E-state index in [1.54, 1.807) is 36.0 Å². The van der Waals surface area contributed by atoms with E-state index in [0.29, 0.717) is 34.4 Å². The molecule has 0 unspecified atom stereocenters. The molecular weight excluding hydrogens is 379 g/mol. The fraction of sp³-hybridized carbons (Fsp3) is 0.375. The maximum absolute atomic E-state index is 12.4. The number of nitrogens with zero attached hydrogens (tertiary/aromatic N) is 4. The number of oxazole rings is 1. The second-order valence-electron chi connectivity index (χ2n) is 5.93. The van der Waals surface area contributed by atoms with Gasteiger partial charge in [-0.1, -0.05) is 5.21 Å². The van der Waals surface area contributed by atoms with Gasteiger partial charge < -0.3 is 15.1 Å². The number of hydrogen-bond acceptors (Lipinski definition) is 6. The molecule has 0 atom stereocenters. The largest absolute Gasteiger partial charge is 0.441 e. The number of carbonyl (C=O) groups is 1. The molecule has 1 saturated heterocycles. The molecule has 140 valence electrons. The Morgan fingerprint density at radius 2 is 2.08 bits per heavy atom. The van der Waals surface area contributed by atoms with Crippen molar-refractivity contribution in [3.8, 4) is 0 Å². The summed E-state index contributed by atoms with van der Waals surface area (Å²) in [5, 5.41) is 14.2. The third-order valence-electron chi connectivity index (χ3n) is 4.18. The van der Waals surface area contributed by atoms with Crippen molar-refractivity contribution in [1.82, 2.24) is 25.3 Å². The Kier molecular flexibility index (Phi) is 6.57. The molecule has 10 heteroatoms. The van der Waals surface area contributed by atoms with E-state index in [-0.39, 0.29) is 30.7 Å². The summed E-state index contributed by atoms with van der Waals surface area (Å²) >= 11 is 0.